The van der Waals surface area contributed by atoms with Crippen LogP contribution in [0.5, 0.6) is 0 Å². The third-order valence-corrected chi connectivity index (χ3v) is 3.99. The van der Waals surface area contributed by atoms with Gasteiger partial charge in [-0.2, -0.15) is 0 Å². The van der Waals surface area contributed by atoms with E-state index in [1.54, 1.807) is 6.07 Å². The molecule has 1 aromatic carbocycles. The third kappa shape index (κ3) is 4.00. The standard InChI is InChI=1S/C15H24FN3/c1-12-4-5-14(16)8-13(12)9-17-10-15-11-18(2)6-7-19(15)3/h4-5,8,15,17H,6-7,9-11H2,1-3H3. The third-order valence-electron chi connectivity index (χ3n) is 3.99. The van der Waals surface area contributed by atoms with E-state index in [1.165, 1.54) is 6.07 Å². The summed E-state index contributed by atoms with van der Waals surface area (Å²) in [4.78, 5) is 4.76. The molecule has 0 spiro atoms. The maximum Gasteiger partial charge on any atom is 0.123 e. The summed E-state index contributed by atoms with van der Waals surface area (Å²) in [6.45, 7) is 7.04. The smallest absolute Gasteiger partial charge is 0.123 e. The van der Waals surface area contributed by atoms with Gasteiger partial charge in [-0.15, -0.1) is 0 Å². The maximum atomic E-state index is 13.2. The molecule has 1 atom stereocenters. The fourth-order valence-electron chi connectivity index (χ4n) is 2.53. The molecule has 106 valence electrons. The van der Waals surface area contributed by atoms with Gasteiger partial charge < -0.3 is 10.2 Å². The molecule has 0 radical (unpaired) electrons. The van der Waals surface area contributed by atoms with Gasteiger partial charge in [-0.1, -0.05) is 6.07 Å². The summed E-state index contributed by atoms with van der Waals surface area (Å²) in [6, 6.07) is 5.52. The van der Waals surface area contributed by atoms with Crippen LogP contribution in [0.1, 0.15) is 11.1 Å². The molecular formula is C15H24FN3. The molecule has 0 aromatic heterocycles. The Hall–Kier alpha value is -0.970. The van der Waals surface area contributed by atoms with E-state index in [1.807, 2.05) is 13.0 Å². The van der Waals surface area contributed by atoms with Crippen LogP contribution in [0.25, 0.3) is 0 Å². The first kappa shape index (κ1) is 14.4. The zero-order chi connectivity index (χ0) is 13.8. The molecule has 1 unspecified atom stereocenters. The van der Waals surface area contributed by atoms with Crippen molar-refractivity contribution in [3.8, 4) is 0 Å². The van der Waals surface area contributed by atoms with E-state index in [0.717, 1.165) is 43.9 Å². The van der Waals surface area contributed by atoms with Gasteiger partial charge in [-0.05, 0) is 44.3 Å². The summed E-state index contributed by atoms with van der Waals surface area (Å²) in [7, 11) is 4.34. The van der Waals surface area contributed by atoms with Crippen molar-refractivity contribution < 1.29 is 4.39 Å². The number of likely N-dealkylation sites (N-methyl/N-ethyl adjacent to an activating group) is 2. The lowest BCUT2D eigenvalue weighted by Crippen LogP contribution is -2.53. The Morgan fingerprint density at radius 3 is 2.89 bits per heavy atom. The van der Waals surface area contributed by atoms with Crippen LogP contribution in [0.15, 0.2) is 18.2 Å². The van der Waals surface area contributed by atoms with E-state index in [0.29, 0.717) is 6.04 Å². The number of halogens is 1. The minimum Gasteiger partial charge on any atom is -0.311 e. The molecule has 0 amide bonds. The molecule has 1 N–H and O–H groups in total. The molecule has 1 fully saturated rings. The van der Waals surface area contributed by atoms with Crippen LogP contribution in [0, 0.1) is 12.7 Å². The minimum atomic E-state index is -0.156. The number of nitrogens with one attached hydrogen (secondary N) is 1. The molecule has 1 heterocycles. The lowest BCUT2D eigenvalue weighted by molar-refractivity contribution is 0.113. The van der Waals surface area contributed by atoms with E-state index < -0.39 is 0 Å². The predicted molar refractivity (Wildman–Crippen MR) is 76.8 cm³/mol. The Bertz CT molecular complexity index is 422. The van der Waals surface area contributed by atoms with Crippen molar-refractivity contribution in [3.05, 3.63) is 35.1 Å². The van der Waals surface area contributed by atoms with Crippen molar-refractivity contribution in [2.24, 2.45) is 0 Å². The first-order valence-corrected chi connectivity index (χ1v) is 6.91. The number of nitrogens with zero attached hydrogens (tertiary/aromatic N) is 2. The average molecular weight is 265 g/mol. The van der Waals surface area contributed by atoms with Crippen LogP contribution in [0.3, 0.4) is 0 Å². The molecule has 4 heteroatoms. The Morgan fingerprint density at radius 2 is 2.11 bits per heavy atom. The molecule has 1 aliphatic rings. The molecule has 1 saturated heterocycles. The predicted octanol–water partition coefficient (Wildman–Crippen LogP) is 1.47. The van der Waals surface area contributed by atoms with E-state index >= 15 is 0 Å². The van der Waals surface area contributed by atoms with Crippen molar-refractivity contribution in [2.45, 2.75) is 19.5 Å². The highest BCUT2D eigenvalue weighted by atomic mass is 19.1. The summed E-state index contributed by atoms with van der Waals surface area (Å²) in [5, 5.41) is 3.46. The molecule has 1 aromatic rings. The first-order chi connectivity index (χ1) is 9.06. The average Bonchev–Trinajstić information content (AvgIpc) is 2.38. The van der Waals surface area contributed by atoms with Crippen LogP contribution in [-0.4, -0.2) is 56.1 Å². The van der Waals surface area contributed by atoms with Gasteiger partial charge >= 0.3 is 0 Å². The van der Waals surface area contributed by atoms with Crippen LogP contribution >= 0.6 is 0 Å². The van der Waals surface area contributed by atoms with Crippen molar-refractivity contribution in [1.29, 1.82) is 0 Å². The van der Waals surface area contributed by atoms with Crippen molar-refractivity contribution in [1.82, 2.24) is 15.1 Å². The summed E-state index contributed by atoms with van der Waals surface area (Å²) in [6.07, 6.45) is 0. The second-order valence-electron chi connectivity index (χ2n) is 5.60. The maximum absolute atomic E-state index is 13.2. The van der Waals surface area contributed by atoms with Gasteiger partial charge in [0.25, 0.3) is 0 Å². The largest absolute Gasteiger partial charge is 0.311 e. The Kier molecular flexibility index (Phi) is 4.91. The fourth-order valence-corrected chi connectivity index (χ4v) is 2.53. The van der Waals surface area contributed by atoms with Crippen LogP contribution in [-0.2, 0) is 6.54 Å². The molecule has 3 nitrogen and oxygen atoms in total. The first-order valence-electron chi connectivity index (χ1n) is 6.91. The number of hydrogen-bond acceptors (Lipinski definition) is 3. The van der Waals surface area contributed by atoms with E-state index in [2.05, 4.69) is 29.2 Å². The molecule has 1 aliphatic heterocycles. The summed E-state index contributed by atoms with van der Waals surface area (Å²) >= 11 is 0. The zero-order valence-corrected chi connectivity index (χ0v) is 12.1. The second-order valence-corrected chi connectivity index (χ2v) is 5.60. The fraction of sp³-hybridized carbons (Fsp3) is 0.600. The van der Waals surface area contributed by atoms with Crippen molar-refractivity contribution in [3.63, 3.8) is 0 Å². The van der Waals surface area contributed by atoms with Crippen LogP contribution < -0.4 is 5.32 Å². The monoisotopic (exact) mass is 265 g/mol. The highest BCUT2D eigenvalue weighted by molar-refractivity contribution is 5.26. The number of aryl methyl sites for hydroxylation is 1. The molecule has 19 heavy (non-hydrogen) atoms. The lowest BCUT2D eigenvalue weighted by Gasteiger charge is -2.37. The van der Waals surface area contributed by atoms with Gasteiger partial charge in [0.2, 0.25) is 0 Å². The molecule has 0 aliphatic carbocycles. The summed E-state index contributed by atoms with van der Waals surface area (Å²) < 4.78 is 13.2. The number of hydrogen-bond donors (Lipinski definition) is 1. The van der Waals surface area contributed by atoms with Gasteiger partial charge in [-0.3, -0.25) is 4.90 Å². The lowest BCUT2D eigenvalue weighted by atomic mass is 10.1. The highest BCUT2D eigenvalue weighted by Gasteiger charge is 2.21. The molecule has 0 saturated carbocycles. The molecule has 2 rings (SSSR count). The summed E-state index contributed by atoms with van der Waals surface area (Å²) in [5.41, 5.74) is 2.19. The highest BCUT2D eigenvalue weighted by Crippen LogP contribution is 2.10. The van der Waals surface area contributed by atoms with Gasteiger partial charge in [0.15, 0.2) is 0 Å². The van der Waals surface area contributed by atoms with Crippen molar-refractivity contribution in [2.75, 3.05) is 40.3 Å². The number of piperazine rings is 1. The van der Waals surface area contributed by atoms with Gasteiger partial charge in [0.1, 0.15) is 5.82 Å². The van der Waals surface area contributed by atoms with Crippen LogP contribution in [0.4, 0.5) is 4.39 Å². The Morgan fingerprint density at radius 1 is 1.32 bits per heavy atom. The van der Waals surface area contributed by atoms with Crippen LogP contribution in [0.2, 0.25) is 0 Å². The van der Waals surface area contributed by atoms with Gasteiger partial charge in [0, 0.05) is 38.8 Å². The van der Waals surface area contributed by atoms with E-state index in [-0.39, 0.29) is 5.82 Å². The zero-order valence-electron chi connectivity index (χ0n) is 12.1. The molecule has 0 bridgehead atoms. The number of benzene rings is 1. The van der Waals surface area contributed by atoms with Gasteiger partial charge in [-0.25, -0.2) is 4.39 Å². The van der Waals surface area contributed by atoms with Crippen molar-refractivity contribution >= 4 is 0 Å². The normalized spacial score (nSPS) is 21.8. The summed E-state index contributed by atoms with van der Waals surface area (Å²) in [5.74, 6) is -0.156. The SMILES string of the molecule is Cc1ccc(F)cc1CNCC1CN(C)CCN1C. The van der Waals surface area contributed by atoms with E-state index in [9.17, 15) is 4.39 Å². The number of rotatable bonds is 4. The van der Waals surface area contributed by atoms with Gasteiger partial charge in [0.05, 0.1) is 0 Å². The van der Waals surface area contributed by atoms with E-state index in [4.69, 9.17) is 0 Å². The minimum absolute atomic E-state index is 0.156. The molecular weight excluding hydrogens is 241 g/mol. The quantitative estimate of drug-likeness (QED) is 0.889. The Labute approximate surface area is 115 Å². The second kappa shape index (κ2) is 6.46. The Balaban J connectivity index is 1.84. The topological polar surface area (TPSA) is 18.5 Å².